The predicted octanol–water partition coefficient (Wildman–Crippen LogP) is 1.31. The Bertz CT molecular complexity index is 197. The van der Waals surface area contributed by atoms with Crippen molar-refractivity contribution >= 4 is 39.7 Å². The Morgan fingerprint density at radius 1 is 0.846 bits per heavy atom. The van der Waals surface area contributed by atoms with Crippen LogP contribution in [0.1, 0.15) is 38.5 Å². The van der Waals surface area contributed by atoms with Crippen molar-refractivity contribution in [2.24, 2.45) is 0 Å². The van der Waals surface area contributed by atoms with Gasteiger partial charge in [0.2, 0.25) is 0 Å². The van der Waals surface area contributed by atoms with Crippen molar-refractivity contribution in [2.45, 2.75) is 38.5 Å². The van der Waals surface area contributed by atoms with Crippen molar-refractivity contribution in [3.8, 4) is 0 Å². The molecular weight excluding hydrogens is 199 g/mol. The second-order valence-corrected chi connectivity index (χ2v) is 4.96. The van der Waals surface area contributed by atoms with Gasteiger partial charge in [-0.2, -0.15) is 8.42 Å². The molecule has 1 aliphatic heterocycles. The fourth-order valence-corrected chi connectivity index (χ4v) is 2.38. The number of rotatable bonds is 0. The van der Waals surface area contributed by atoms with E-state index in [-0.39, 0.29) is 35.3 Å². The molecule has 1 saturated heterocycles. The minimum absolute atomic E-state index is 0. The molecule has 0 bridgehead atoms. The van der Waals surface area contributed by atoms with Crippen LogP contribution in [0.2, 0.25) is 0 Å². The number of hydrogen-bond donors (Lipinski definition) is 0. The third-order valence-electron chi connectivity index (χ3n) is 2.05. The molecule has 1 rings (SSSR count). The molecule has 73 valence electrons. The Morgan fingerprint density at radius 2 is 1.38 bits per heavy atom. The third-order valence-corrected chi connectivity index (χ3v) is 3.37. The molecule has 5 heteroatoms. The zero-order chi connectivity index (χ0) is 8.86. The molecule has 13 heavy (non-hydrogen) atoms. The summed E-state index contributed by atoms with van der Waals surface area (Å²) in [5, 5.41) is 0. The maximum absolute atomic E-state index is 11.1. The van der Waals surface area contributed by atoms with Gasteiger partial charge >= 0.3 is 0 Å². The Labute approximate surface area is 103 Å². The first-order valence-electron chi connectivity index (χ1n) is 4.58. The number of hydrogen-bond acceptors (Lipinski definition) is 3. The normalized spacial score (nSPS) is 24.3. The second-order valence-electron chi connectivity index (χ2n) is 3.21. The van der Waals surface area contributed by atoms with Crippen LogP contribution in [0.5, 0.6) is 0 Å². The summed E-state index contributed by atoms with van der Waals surface area (Å²) < 4.78 is 26.9. The smallest absolute Gasteiger partial charge is 0.267 e. The Kier molecular flexibility index (Phi) is 7.74. The molecule has 1 aliphatic rings. The van der Waals surface area contributed by atoms with Crippen LogP contribution < -0.4 is 0 Å². The quantitative estimate of drug-likeness (QED) is 0.452. The summed E-state index contributed by atoms with van der Waals surface area (Å²) in [4.78, 5) is 0. The monoisotopic (exact) mass is 215 g/mol. The van der Waals surface area contributed by atoms with Crippen molar-refractivity contribution in [1.29, 1.82) is 0 Å². The first-order valence-corrected chi connectivity index (χ1v) is 6.15. The Balaban J connectivity index is 0.00000144. The van der Waals surface area contributed by atoms with Gasteiger partial charge < -0.3 is 0 Å². The summed E-state index contributed by atoms with van der Waals surface area (Å²) in [7, 11) is -3.18. The van der Waals surface area contributed by atoms with Crippen molar-refractivity contribution in [2.75, 3.05) is 12.4 Å². The molecule has 0 unspecified atom stereocenters. The molecule has 0 aromatic carbocycles. The van der Waals surface area contributed by atoms with Crippen LogP contribution in [0.25, 0.3) is 0 Å². The van der Waals surface area contributed by atoms with E-state index in [4.69, 9.17) is 4.18 Å². The van der Waals surface area contributed by atoms with Crippen LogP contribution >= 0.6 is 0 Å². The van der Waals surface area contributed by atoms with Gasteiger partial charge in [0.25, 0.3) is 10.1 Å². The fourth-order valence-electron chi connectivity index (χ4n) is 1.33. The van der Waals surface area contributed by atoms with E-state index in [0.29, 0.717) is 6.61 Å². The van der Waals surface area contributed by atoms with Crippen LogP contribution in [0, 0.1) is 0 Å². The minimum atomic E-state index is -3.18. The first kappa shape index (κ1) is 13.9. The molecule has 1 heterocycles. The topological polar surface area (TPSA) is 43.4 Å². The van der Waals surface area contributed by atoms with E-state index in [1.807, 2.05) is 0 Å². The van der Waals surface area contributed by atoms with Gasteiger partial charge in [-0.05, 0) is 12.8 Å². The van der Waals surface area contributed by atoms with E-state index >= 15 is 0 Å². The van der Waals surface area contributed by atoms with Crippen LogP contribution in [0.4, 0.5) is 0 Å². The molecule has 1 fully saturated rings. The molecule has 0 atom stereocenters. The molecule has 0 amide bonds. The van der Waals surface area contributed by atoms with Crippen molar-refractivity contribution in [3.05, 3.63) is 0 Å². The predicted molar refractivity (Wildman–Crippen MR) is 53.2 cm³/mol. The maximum Gasteiger partial charge on any atom is 0.267 e. The molecule has 1 radical (unpaired) electrons. The molecule has 0 aliphatic carbocycles. The van der Waals surface area contributed by atoms with Gasteiger partial charge in [0.05, 0.1) is 12.4 Å². The van der Waals surface area contributed by atoms with Crippen molar-refractivity contribution < 1.29 is 12.6 Å². The summed E-state index contributed by atoms with van der Waals surface area (Å²) in [6.45, 7) is 0.377. The summed E-state index contributed by atoms with van der Waals surface area (Å²) in [5.74, 6) is 0.201. The average molecular weight is 215 g/mol. The summed E-state index contributed by atoms with van der Waals surface area (Å²) >= 11 is 0. The average Bonchev–Trinajstić information content (AvgIpc) is 2.02. The minimum Gasteiger partial charge on any atom is -0.270 e. The van der Waals surface area contributed by atoms with Gasteiger partial charge in [-0.3, -0.25) is 4.18 Å². The molecular formula is C8H16NaO3S. The standard InChI is InChI=1S/C8H16O3S.Na/c9-12(10)8-6-4-2-1-3-5-7-11-12;/h1-8H2;. The first-order chi connectivity index (χ1) is 5.71. The molecule has 0 N–H and O–H groups in total. The van der Waals surface area contributed by atoms with Crippen LogP contribution in [-0.2, 0) is 14.3 Å². The summed E-state index contributed by atoms with van der Waals surface area (Å²) in [6.07, 6.45) is 6.11. The van der Waals surface area contributed by atoms with Gasteiger partial charge in [-0.25, -0.2) is 0 Å². The van der Waals surface area contributed by atoms with Crippen LogP contribution in [0.3, 0.4) is 0 Å². The summed E-state index contributed by atoms with van der Waals surface area (Å²) in [5.41, 5.74) is 0. The van der Waals surface area contributed by atoms with Gasteiger partial charge in [0.15, 0.2) is 0 Å². The van der Waals surface area contributed by atoms with E-state index < -0.39 is 10.1 Å². The largest absolute Gasteiger partial charge is 0.270 e. The van der Waals surface area contributed by atoms with Crippen LogP contribution in [-0.4, -0.2) is 50.3 Å². The Hall–Kier alpha value is 0.910. The zero-order valence-electron chi connectivity index (χ0n) is 8.29. The van der Waals surface area contributed by atoms with Crippen molar-refractivity contribution in [3.63, 3.8) is 0 Å². The summed E-state index contributed by atoms with van der Waals surface area (Å²) in [6, 6.07) is 0. The molecule has 0 aromatic rings. The van der Waals surface area contributed by atoms with Crippen LogP contribution in [0.15, 0.2) is 0 Å². The molecule has 0 aromatic heterocycles. The third kappa shape index (κ3) is 6.91. The van der Waals surface area contributed by atoms with E-state index in [2.05, 4.69) is 0 Å². The fraction of sp³-hybridized carbons (Fsp3) is 1.00. The van der Waals surface area contributed by atoms with E-state index in [9.17, 15) is 8.42 Å². The van der Waals surface area contributed by atoms with E-state index in [1.165, 1.54) is 6.42 Å². The van der Waals surface area contributed by atoms with Gasteiger partial charge in [0.1, 0.15) is 0 Å². The SMILES string of the molecule is O=S1(=O)CCCCCCCCO1.[Na]. The molecule has 3 nitrogen and oxygen atoms in total. The van der Waals surface area contributed by atoms with Gasteiger partial charge in [-0.15, -0.1) is 0 Å². The van der Waals surface area contributed by atoms with Crippen molar-refractivity contribution in [1.82, 2.24) is 0 Å². The molecule has 0 saturated carbocycles. The van der Waals surface area contributed by atoms with Gasteiger partial charge in [-0.1, -0.05) is 25.7 Å². The van der Waals surface area contributed by atoms with E-state index in [1.54, 1.807) is 0 Å². The maximum atomic E-state index is 11.1. The zero-order valence-corrected chi connectivity index (χ0v) is 11.1. The molecule has 0 spiro atoms. The second kappa shape index (κ2) is 7.23. The van der Waals surface area contributed by atoms with E-state index in [0.717, 1.165) is 32.1 Å². The Morgan fingerprint density at radius 3 is 2.08 bits per heavy atom. The van der Waals surface area contributed by atoms with Gasteiger partial charge in [0, 0.05) is 29.6 Å².